The minimum absolute atomic E-state index is 0. The van der Waals surface area contributed by atoms with Gasteiger partial charge in [-0.1, -0.05) is 0 Å². The van der Waals surface area contributed by atoms with Gasteiger partial charge in [0.25, 0.3) is 7.82 Å². The van der Waals surface area contributed by atoms with Gasteiger partial charge in [0.15, 0.2) is 6.23 Å². The number of aromatic nitrogens is 2. The molecule has 2 unspecified atom stereocenters. The Bertz CT molecular complexity index is 784. The Morgan fingerprint density at radius 2 is 1.96 bits per heavy atom. The predicted molar refractivity (Wildman–Crippen MR) is 75.5 cm³/mol. The monoisotopic (exact) mass is 425 g/mol. The number of hydrogen-bond acceptors (Lipinski definition) is 11. The first-order valence-electron chi connectivity index (χ1n) is 6.48. The Balaban J connectivity index is 0.00000338. The Hall–Kier alpha value is -0.180. The summed E-state index contributed by atoms with van der Waals surface area (Å²) < 4.78 is 35.5. The Kier molecular flexibility index (Phi) is 8.15. The van der Waals surface area contributed by atoms with Gasteiger partial charge in [-0.05, 0) is 6.07 Å². The van der Waals surface area contributed by atoms with Crippen LogP contribution in [-0.2, 0) is 22.7 Å². The largest absolute Gasteiger partial charge is 1.00 e. The first kappa shape index (κ1) is 23.9. The second-order valence-corrected chi connectivity index (χ2v) is 7.69. The molecule has 6 atom stereocenters. The van der Waals surface area contributed by atoms with Crippen LogP contribution in [-0.4, -0.2) is 54.5 Å². The maximum absolute atomic E-state index is 11.7. The van der Waals surface area contributed by atoms with Crippen LogP contribution in [0.4, 0.5) is 5.82 Å². The minimum atomic E-state index is -5.55. The van der Waals surface area contributed by atoms with E-state index >= 15 is 0 Å². The van der Waals surface area contributed by atoms with E-state index in [4.69, 9.17) is 20.3 Å². The molecule has 1 aromatic heterocycles. The van der Waals surface area contributed by atoms with Gasteiger partial charge in [-0.3, -0.25) is 13.7 Å². The number of hydrogen-bond donors (Lipinski definition) is 5. The second-order valence-electron chi connectivity index (χ2n) is 4.90. The summed E-state index contributed by atoms with van der Waals surface area (Å²) in [5.41, 5.74) is 4.44. The fourth-order valence-corrected chi connectivity index (χ4v) is 3.60. The van der Waals surface area contributed by atoms with Gasteiger partial charge in [0.05, 0.1) is 6.61 Å². The van der Waals surface area contributed by atoms with E-state index in [1.165, 1.54) is 6.07 Å². The average Bonchev–Trinajstić information content (AvgIpc) is 2.71. The summed E-state index contributed by atoms with van der Waals surface area (Å²) in [6.07, 6.45) is -5.00. The zero-order valence-corrected chi connectivity index (χ0v) is 17.0. The summed E-state index contributed by atoms with van der Waals surface area (Å²) in [6.45, 7) is -0.903. The van der Waals surface area contributed by atoms with Crippen molar-refractivity contribution < 1.29 is 77.2 Å². The van der Waals surface area contributed by atoms with Gasteiger partial charge < -0.3 is 35.4 Å². The fourth-order valence-electron chi connectivity index (χ4n) is 2.04. The van der Waals surface area contributed by atoms with Crippen LogP contribution < -0.4 is 45.9 Å². The number of rotatable bonds is 6. The molecule has 0 bridgehead atoms. The summed E-state index contributed by atoms with van der Waals surface area (Å²) in [4.78, 5) is 43.1. The number of phosphoric ester groups is 1. The molecule has 26 heavy (non-hydrogen) atoms. The van der Waals surface area contributed by atoms with Gasteiger partial charge in [0.2, 0.25) is 0 Å². The number of nitrogens with two attached hydrogens (primary N) is 1. The summed E-state index contributed by atoms with van der Waals surface area (Å²) in [5, 5.41) is 19.8. The summed E-state index contributed by atoms with van der Waals surface area (Å²) >= 11 is 0. The van der Waals surface area contributed by atoms with Crippen molar-refractivity contribution in [2.75, 3.05) is 12.3 Å². The van der Waals surface area contributed by atoms with E-state index in [1.54, 1.807) is 0 Å². The number of nitrogens with zero attached hydrogens (tertiary/aromatic N) is 2. The SMILES string of the molecule is Nc1ccn([C@@H]2O[C@H](COP(=O)(O)OP(=O)([O-])O)[C@@H](O)[C@H]2O)c(=O)n1.[Na+]. The van der Waals surface area contributed by atoms with E-state index in [1.807, 2.05) is 0 Å². The number of phosphoric acid groups is 2. The normalized spacial score (nSPS) is 30.2. The molecule has 0 radical (unpaired) electrons. The van der Waals surface area contributed by atoms with Gasteiger partial charge in [0, 0.05) is 6.20 Å². The molecule has 1 aliphatic heterocycles. The van der Waals surface area contributed by atoms with E-state index in [-0.39, 0.29) is 35.4 Å². The molecule has 14 nitrogen and oxygen atoms in total. The molecule has 1 saturated heterocycles. The van der Waals surface area contributed by atoms with Crippen LogP contribution in [0.3, 0.4) is 0 Å². The number of anilines is 1. The van der Waals surface area contributed by atoms with Crippen molar-refractivity contribution in [1.29, 1.82) is 0 Å². The van der Waals surface area contributed by atoms with E-state index in [9.17, 15) is 29.0 Å². The third-order valence-electron chi connectivity index (χ3n) is 3.07. The summed E-state index contributed by atoms with van der Waals surface area (Å²) in [7, 11) is -10.8. The molecular weight excluding hydrogens is 411 g/mol. The summed E-state index contributed by atoms with van der Waals surface area (Å²) in [6, 6.07) is 1.23. The topological polar surface area (TPSA) is 227 Å². The van der Waals surface area contributed by atoms with E-state index in [0.717, 1.165) is 10.8 Å². The molecule has 0 amide bonds. The van der Waals surface area contributed by atoms with Crippen molar-refractivity contribution in [3.8, 4) is 0 Å². The first-order chi connectivity index (χ1) is 11.4. The molecule has 0 saturated carbocycles. The number of nitrogen functional groups attached to an aromatic ring is 1. The number of aliphatic hydroxyl groups is 2. The molecule has 1 fully saturated rings. The van der Waals surface area contributed by atoms with Crippen LogP contribution in [0.5, 0.6) is 0 Å². The molecule has 2 rings (SSSR count). The summed E-state index contributed by atoms with van der Waals surface area (Å²) in [5.74, 6) is -0.0846. The van der Waals surface area contributed by atoms with E-state index in [0.29, 0.717) is 0 Å². The zero-order chi connectivity index (χ0) is 19.0. The van der Waals surface area contributed by atoms with Crippen molar-refractivity contribution in [3.05, 3.63) is 22.7 Å². The Morgan fingerprint density at radius 1 is 1.35 bits per heavy atom. The molecule has 0 aliphatic carbocycles. The molecule has 6 N–H and O–H groups in total. The van der Waals surface area contributed by atoms with Gasteiger partial charge in [-0.25, -0.2) is 13.7 Å². The van der Waals surface area contributed by atoms with Crippen molar-refractivity contribution in [2.24, 2.45) is 0 Å². The van der Waals surface area contributed by atoms with Crippen molar-refractivity contribution in [2.45, 2.75) is 24.5 Å². The third kappa shape index (κ3) is 6.17. The van der Waals surface area contributed by atoms with Gasteiger partial charge in [0.1, 0.15) is 24.1 Å². The van der Waals surface area contributed by atoms with Crippen molar-refractivity contribution in [1.82, 2.24) is 9.55 Å². The standard InChI is InChI=1S/C9H15N3O11P2.Na/c10-5-1-2-12(9(15)11-5)8-7(14)6(13)4(22-8)3-21-25(19,20)23-24(16,17)18;/h1-2,4,6-8,13-14H,3H2,(H,19,20)(H2,10,11,15)(H2,16,17,18);/q;+1/p-1/t4-,6-,7-,8-;/m1./s1. The van der Waals surface area contributed by atoms with Crippen LogP contribution in [0.25, 0.3) is 0 Å². The Morgan fingerprint density at radius 3 is 2.50 bits per heavy atom. The Labute approximate surface area is 167 Å². The quantitative estimate of drug-likeness (QED) is 0.211. The fraction of sp³-hybridized carbons (Fsp3) is 0.556. The van der Waals surface area contributed by atoms with E-state index in [2.05, 4.69) is 13.8 Å². The number of aliphatic hydroxyl groups excluding tert-OH is 2. The molecule has 0 aromatic carbocycles. The van der Waals surface area contributed by atoms with Crippen LogP contribution in [0.15, 0.2) is 17.1 Å². The van der Waals surface area contributed by atoms with Crippen LogP contribution in [0.1, 0.15) is 6.23 Å². The maximum Gasteiger partial charge on any atom is 1.00 e. The smallest absolute Gasteiger partial charge is 0.756 e. The molecule has 17 heteroatoms. The van der Waals surface area contributed by atoms with Gasteiger partial charge in [-0.15, -0.1) is 0 Å². The molecule has 0 spiro atoms. The van der Waals surface area contributed by atoms with Crippen LogP contribution >= 0.6 is 15.6 Å². The number of ether oxygens (including phenoxy) is 1. The predicted octanol–water partition coefficient (Wildman–Crippen LogP) is -5.96. The van der Waals surface area contributed by atoms with Gasteiger partial charge in [-0.2, -0.15) is 4.98 Å². The first-order valence-corrected chi connectivity index (χ1v) is 9.47. The second kappa shape index (κ2) is 8.88. The molecule has 2 heterocycles. The minimum Gasteiger partial charge on any atom is -0.756 e. The molecule has 142 valence electrons. The maximum atomic E-state index is 11.7. The molecular formula is C9H14N3NaO11P2. The van der Waals surface area contributed by atoms with Crippen molar-refractivity contribution >= 4 is 21.5 Å². The van der Waals surface area contributed by atoms with Crippen LogP contribution in [0, 0.1) is 0 Å². The van der Waals surface area contributed by atoms with Crippen molar-refractivity contribution in [3.63, 3.8) is 0 Å². The third-order valence-corrected chi connectivity index (χ3v) is 5.20. The molecule has 1 aromatic rings. The molecule has 1 aliphatic rings. The van der Waals surface area contributed by atoms with E-state index < -0.39 is 52.5 Å². The average molecular weight is 425 g/mol. The van der Waals surface area contributed by atoms with Gasteiger partial charge >= 0.3 is 43.1 Å². The van der Waals surface area contributed by atoms with Crippen LogP contribution in [0.2, 0.25) is 0 Å². The zero-order valence-electron chi connectivity index (χ0n) is 13.2.